The SMILES string of the molecule is Clc1ccc(CCCN2Cc3cccc(Cl)c3C2)cc1Cl. The molecule has 1 heterocycles. The van der Waals surface area contributed by atoms with Crippen molar-refractivity contribution in [3.05, 3.63) is 68.2 Å². The van der Waals surface area contributed by atoms with Crippen molar-refractivity contribution in [2.45, 2.75) is 25.9 Å². The van der Waals surface area contributed by atoms with Crippen LogP contribution in [-0.2, 0) is 19.5 Å². The van der Waals surface area contributed by atoms with E-state index in [1.54, 1.807) is 0 Å². The number of hydrogen-bond donors (Lipinski definition) is 0. The Morgan fingerprint density at radius 3 is 2.52 bits per heavy atom. The summed E-state index contributed by atoms with van der Waals surface area (Å²) >= 11 is 18.2. The van der Waals surface area contributed by atoms with Crippen molar-refractivity contribution in [1.29, 1.82) is 0 Å². The second-order valence-electron chi connectivity index (χ2n) is 5.44. The van der Waals surface area contributed by atoms with Gasteiger partial charge in [0.05, 0.1) is 10.0 Å². The van der Waals surface area contributed by atoms with Crippen LogP contribution in [0.3, 0.4) is 0 Å². The maximum absolute atomic E-state index is 6.24. The van der Waals surface area contributed by atoms with E-state index in [1.165, 1.54) is 16.7 Å². The summed E-state index contributed by atoms with van der Waals surface area (Å²) in [5.74, 6) is 0. The van der Waals surface area contributed by atoms with Crippen LogP contribution >= 0.6 is 34.8 Å². The molecule has 0 amide bonds. The number of halogens is 3. The van der Waals surface area contributed by atoms with Gasteiger partial charge in [-0.1, -0.05) is 53.0 Å². The Hall–Kier alpha value is -0.730. The Kier molecular flexibility index (Phi) is 4.75. The summed E-state index contributed by atoms with van der Waals surface area (Å²) in [5.41, 5.74) is 3.88. The Morgan fingerprint density at radius 1 is 0.905 bits per heavy atom. The van der Waals surface area contributed by atoms with Crippen LogP contribution in [-0.4, -0.2) is 11.4 Å². The van der Waals surface area contributed by atoms with E-state index in [2.05, 4.69) is 11.0 Å². The highest BCUT2D eigenvalue weighted by atomic mass is 35.5. The average molecular weight is 341 g/mol. The molecule has 2 aromatic rings. The largest absolute Gasteiger partial charge is 0.295 e. The third-order valence-electron chi connectivity index (χ3n) is 3.92. The first-order chi connectivity index (χ1) is 10.1. The third-order valence-corrected chi connectivity index (χ3v) is 5.01. The number of rotatable bonds is 4. The van der Waals surface area contributed by atoms with E-state index in [9.17, 15) is 0 Å². The minimum absolute atomic E-state index is 0.616. The van der Waals surface area contributed by atoms with Crippen LogP contribution < -0.4 is 0 Å². The molecule has 0 unspecified atom stereocenters. The molecular weight excluding hydrogens is 325 g/mol. The van der Waals surface area contributed by atoms with Crippen molar-refractivity contribution in [3.63, 3.8) is 0 Å². The molecule has 1 aliphatic heterocycles. The van der Waals surface area contributed by atoms with Crippen molar-refractivity contribution in [1.82, 2.24) is 4.90 Å². The molecule has 0 saturated heterocycles. The van der Waals surface area contributed by atoms with Gasteiger partial charge in [-0.3, -0.25) is 4.90 Å². The van der Waals surface area contributed by atoms with Gasteiger partial charge in [-0.2, -0.15) is 0 Å². The van der Waals surface area contributed by atoms with Gasteiger partial charge in [0.15, 0.2) is 0 Å². The fourth-order valence-corrected chi connectivity index (χ4v) is 3.38. The Balaban J connectivity index is 1.53. The molecule has 2 aromatic carbocycles. The van der Waals surface area contributed by atoms with Gasteiger partial charge in [0, 0.05) is 18.1 Å². The minimum Gasteiger partial charge on any atom is -0.295 e. The van der Waals surface area contributed by atoms with E-state index < -0.39 is 0 Å². The fraction of sp³-hybridized carbons (Fsp3) is 0.294. The Labute approximate surface area is 140 Å². The van der Waals surface area contributed by atoms with E-state index in [-0.39, 0.29) is 0 Å². The highest BCUT2D eigenvalue weighted by Crippen LogP contribution is 2.29. The molecule has 1 aliphatic rings. The number of benzene rings is 2. The number of nitrogens with zero attached hydrogens (tertiary/aromatic N) is 1. The topological polar surface area (TPSA) is 3.24 Å². The zero-order valence-corrected chi connectivity index (χ0v) is 13.8. The molecule has 0 radical (unpaired) electrons. The molecule has 0 bridgehead atoms. The van der Waals surface area contributed by atoms with Gasteiger partial charge in [-0.15, -0.1) is 0 Å². The molecule has 0 aliphatic carbocycles. The molecule has 4 heteroatoms. The van der Waals surface area contributed by atoms with E-state index in [4.69, 9.17) is 34.8 Å². The molecule has 110 valence electrons. The van der Waals surface area contributed by atoms with Crippen LogP contribution in [0.15, 0.2) is 36.4 Å². The van der Waals surface area contributed by atoms with Gasteiger partial charge in [0.1, 0.15) is 0 Å². The molecule has 0 spiro atoms. The first kappa shape index (κ1) is 15.2. The standard InChI is InChI=1S/C17H16Cl3N/c18-15-5-1-4-13-10-21(11-14(13)15)8-2-3-12-6-7-16(19)17(20)9-12/h1,4-7,9H,2-3,8,10-11H2. The maximum Gasteiger partial charge on any atom is 0.0595 e. The highest BCUT2D eigenvalue weighted by molar-refractivity contribution is 6.42. The zero-order valence-electron chi connectivity index (χ0n) is 11.6. The van der Waals surface area contributed by atoms with Crippen LogP contribution in [0.5, 0.6) is 0 Å². The summed E-state index contributed by atoms with van der Waals surface area (Å²) in [6.07, 6.45) is 2.11. The van der Waals surface area contributed by atoms with E-state index in [1.807, 2.05) is 30.3 Å². The first-order valence-electron chi connectivity index (χ1n) is 7.06. The van der Waals surface area contributed by atoms with Crippen LogP contribution in [0.2, 0.25) is 15.1 Å². The number of fused-ring (bicyclic) bond motifs is 1. The zero-order chi connectivity index (χ0) is 14.8. The van der Waals surface area contributed by atoms with Crippen LogP contribution in [0, 0.1) is 0 Å². The van der Waals surface area contributed by atoms with Gasteiger partial charge >= 0.3 is 0 Å². The number of aryl methyl sites for hydroxylation is 1. The summed E-state index contributed by atoms with van der Waals surface area (Å²) in [6, 6.07) is 12.0. The summed E-state index contributed by atoms with van der Waals surface area (Å²) in [7, 11) is 0. The van der Waals surface area contributed by atoms with Crippen LogP contribution in [0.4, 0.5) is 0 Å². The molecule has 0 N–H and O–H groups in total. The monoisotopic (exact) mass is 339 g/mol. The molecule has 0 aromatic heterocycles. The summed E-state index contributed by atoms with van der Waals surface area (Å²) in [4.78, 5) is 2.44. The molecule has 0 atom stereocenters. The van der Waals surface area contributed by atoms with Crippen molar-refractivity contribution in [3.8, 4) is 0 Å². The quantitative estimate of drug-likeness (QED) is 0.700. The normalized spacial score (nSPS) is 14.4. The van der Waals surface area contributed by atoms with Gasteiger partial charge in [0.2, 0.25) is 0 Å². The molecular formula is C17H16Cl3N. The molecule has 0 saturated carbocycles. The summed E-state index contributed by atoms with van der Waals surface area (Å²) in [5, 5.41) is 2.14. The smallest absolute Gasteiger partial charge is 0.0595 e. The molecule has 0 fully saturated rings. The minimum atomic E-state index is 0.616. The van der Waals surface area contributed by atoms with E-state index >= 15 is 0 Å². The van der Waals surface area contributed by atoms with Crippen LogP contribution in [0.1, 0.15) is 23.1 Å². The third kappa shape index (κ3) is 3.54. The molecule has 3 rings (SSSR count). The van der Waals surface area contributed by atoms with E-state index in [0.29, 0.717) is 10.0 Å². The lowest BCUT2D eigenvalue weighted by Crippen LogP contribution is -2.18. The maximum atomic E-state index is 6.24. The Morgan fingerprint density at radius 2 is 1.76 bits per heavy atom. The molecule has 1 nitrogen and oxygen atoms in total. The fourth-order valence-electron chi connectivity index (χ4n) is 2.81. The second kappa shape index (κ2) is 6.58. The van der Waals surface area contributed by atoms with Gasteiger partial charge in [-0.25, -0.2) is 0 Å². The van der Waals surface area contributed by atoms with Crippen molar-refractivity contribution in [2.75, 3.05) is 6.54 Å². The van der Waals surface area contributed by atoms with Gasteiger partial charge < -0.3 is 0 Å². The van der Waals surface area contributed by atoms with E-state index in [0.717, 1.165) is 37.5 Å². The molecule has 21 heavy (non-hydrogen) atoms. The Bertz CT molecular complexity index is 654. The lowest BCUT2D eigenvalue weighted by atomic mass is 10.1. The van der Waals surface area contributed by atoms with Crippen molar-refractivity contribution in [2.24, 2.45) is 0 Å². The summed E-state index contributed by atoms with van der Waals surface area (Å²) in [6.45, 7) is 3.01. The summed E-state index contributed by atoms with van der Waals surface area (Å²) < 4.78 is 0. The predicted molar refractivity (Wildman–Crippen MR) is 90.3 cm³/mol. The second-order valence-corrected chi connectivity index (χ2v) is 6.66. The van der Waals surface area contributed by atoms with Crippen molar-refractivity contribution >= 4 is 34.8 Å². The van der Waals surface area contributed by atoms with Crippen LogP contribution in [0.25, 0.3) is 0 Å². The van der Waals surface area contributed by atoms with Gasteiger partial charge in [0.25, 0.3) is 0 Å². The van der Waals surface area contributed by atoms with Gasteiger partial charge in [-0.05, 0) is 54.3 Å². The lowest BCUT2D eigenvalue weighted by molar-refractivity contribution is 0.280. The highest BCUT2D eigenvalue weighted by Gasteiger charge is 2.20. The lowest BCUT2D eigenvalue weighted by Gasteiger charge is -2.14. The predicted octanol–water partition coefficient (Wildman–Crippen LogP) is 5.60. The first-order valence-corrected chi connectivity index (χ1v) is 8.19. The van der Waals surface area contributed by atoms with Crippen molar-refractivity contribution < 1.29 is 0 Å². The average Bonchev–Trinajstić information content (AvgIpc) is 2.87. The number of hydrogen-bond acceptors (Lipinski definition) is 1.